The summed E-state index contributed by atoms with van der Waals surface area (Å²) < 4.78 is 1.69. The second-order valence-corrected chi connectivity index (χ2v) is 6.95. The molecule has 0 unspecified atom stereocenters. The highest BCUT2D eigenvalue weighted by Gasteiger charge is 2.14. The van der Waals surface area contributed by atoms with Gasteiger partial charge in [0, 0.05) is 17.9 Å². The van der Waals surface area contributed by atoms with Crippen molar-refractivity contribution in [1.29, 1.82) is 0 Å². The zero-order valence-corrected chi connectivity index (χ0v) is 14.7. The first-order valence-corrected chi connectivity index (χ1v) is 9.08. The monoisotopic (exact) mass is 329 g/mol. The van der Waals surface area contributed by atoms with Crippen LogP contribution < -0.4 is 5.32 Å². The minimum atomic E-state index is -0.0103. The molecule has 0 radical (unpaired) electrons. The number of aryl methyl sites for hydroxylation is 2. The molecule has 1 aliphatic rings. The van der Waals surface area contributed by atoms with Gasteiger partial charge < -0.3 is 5.32 Å². The van der Waals surface area contributed by atoms with E-state index < -0.39 is 0 Å². The third-order valence-corrected chi connectivity index (χ3v) is 4.82. The first-order chi connectivity index (χ1) is 11.6. The number of carbonyl (C=O) groups is 1. The summed E-state index contributed by atoms with van der Waals surface area (Å²) in [5.74, 6) is 1.95. The summed E-state index contributed by atoms with van der Waals surface area (Å²) in [6.45, 7) is 4.64. The van der Waals surface area contributed by atoms with E-state index in [0.29, 0.717) is 11.6 Å². The topological polar surface area (TPSA) is 72.2 Å². The number of nitrogens with zero attached hydrogens (tertiary/aromatic N) is 4. The normalized spacial score (nSPS) is 15.8. The number of hydrogen-bond donors (Lipinski definition) is 1. The Bertz CT molecular complexity index is 703. The van der Waals surface area contributed by atoms with Crippen LogP contribution in [-0.4, -0.2) is 32.0 Å². The molecular weight excluding hydrogens is 302 g/mol. The molecule has 6 heteroatoms. The van der Waals surface area contributed by atoms with Crippen LogP contribution in [0.25, 0.3) is 5.78 Å². The highest BCUT2D eigenvalue weighted by molar-refractivity contribution is 5.77. The summed E-state index contributed by atoms with van der Waals surface area (Å²) in [6, 6.07) is 1.96. The van der Waals surface area contributed by atoms with E-state index in [9.17, 15) is 4.79 Å². The van der Waals surface area contributed by atoms with Crippen LogP contribution in [0.2, 0.25) is 0 Å². The molecule has 0 atom stereocenters. The minimum absolute atomic E-state index is 0.0103. The standard InChI is InChI=1S/C18H27N5O/c1-13-11-14(2)23-18(20-13)21-16(22-23)12-17(24)19-10-6-9-15-7-4-3-5-8-15/h11,15H,3-10,12H2,1-2H3,(H,19,24). The molecule has 1 fully saturated rings. The molecule has 1 amide bonds. The summed E-state index contributed by atoms with van der Waals surface area (Å²) in [7, 11) is 0. The van der Waals surface area contributed by atoms with Crippen molar-refractivity contribution < 1.29 is 4.79 Å². The molecule has 0 aromatic carbocycles. The van der Waals surface area contributed by atoms with Gasteiger partial charge in [-0.2, -0.15) is 4.98 Å². The Kier molecular flexibility index (Phi) is 5.43. The van der Waals surface area contributed by atoms with E-state index in [1.807, 2.05) is 19.9 Å². The minimum Gasteiger partial charge on any atom is -0.356 e. The van der Waals surface area contributed by atoms with Crippen LogP contribution >= 0.6 is 0 Å². The lowest BCUT2D eigenvalue weighted by Gasteiger charge is -2.21. The molecule has 6 nitrogen and oxygen atoms in total. The van der Waals surface area contributed by atoms with Gasteiger partial charge in [0.2, 0.25) is 5.91 Å². The molecule has 2 aromatic heterocycles. The molecule has 0 spiro atoms. The van der Waals surface area contributed by atoms with Crippen molar-refractivity contribution in [2.24, 2.45) is 5.92 Å². The van der Waals surface area contributed by atoms with Gasteiger partial charge in [-0.1, -0.05) is 32.1 Å². The van der Waals surface area contributed by atoms with E-state index in [4.69, 9.17) is 0 Å². The van der Waals surface area contributed by atoms with Crippen LogP contribution in [0.3, 0.4) is 0 Å². The first-order valence-electron chi connectivity index (χ1n) is 9.08. The Balaban J connectivity index is 1.45. The molecule has 2 aromatic rings. The van der Waals surface area contributed by atoms with Gasteiger partial charge in [-0.05, 0) is 38.7 Å². The van der Waals surface area contributed by atoms with Crippen LogP contribution in [0.4, 0.5) is 0 Å². The Morgan fingerprint density at radius 3 is 2.83 bits per heavy atom. The summed E-state index contributed by atoms with van der Waals surface area (Å²) in [5.41, 5.74) is 1.88. The average Bonchev–Trinajstić information content (AvgIpc) is 2.95. The maximum absolute atomic E-state index is 12.1. The van der Waals surface area contributed by atoms with E-state index >= 15 is 0 Å². The number of carbonyl (C=O) groups excluding carboxylic acids is 1. The van der Waals surface area contributed by atoms with E-state index in [1.54, 1.807) is 4.52 Å². The number of hydrogen-bond acceptors (Lipinski definition) is 4. The zero-order chi connectivity index (χ0) is 16.9. The van der Waals surface area contributed by atoms with Gasteiger partial charge in [0.05, 0.1) is 6.42 Å². The van der Waals surface area contributed by atoms with Gasteiger partial charge in [-0.15, -0.1) is 5.10 Å². The number of amides is 1. The summed E-state index contributed by atoms with van der Waals surface area (Å²) in [4.78, 5) is 20.8. The first kappa shape index (κ1) is 16.9. The van der Waals surface area contributed by atoms with Crippen LogP contribution in [0.1, 0.15) is 62.2 Å². The molecule has 0 aliphatic heterocycles. The number of fused-ring (bicyclic) bond motifs is 1. The second kappa shape index (κ2) is 7.73. The predicted molar refractivity (Wildman–Crippen MR) is 92.8 cm³/mol. The lowest BCUT2D eigenvalue weighted by atomic mass is 9.86. The van der Waals surface area contributed by atoms with Crippen molar-refractivity contribution in [2.75, 3.05) is 6.54 Å². The lowest BCUT2D eigenvalue weighted by molar-refractivity contribution is -0.120. The zero-order valence-electron chi connectivity index (χ0n) is 14.7. The Labute approximate surface area is 143 Å². The second-order valence-electron chi connectivity index (χ2n) is 6.95. The van der Waals surface area contributed by atoms with Gasteiger partial charge in [0.1, 0.15) is 0 Å². The van der Waals surface area contributed by atoms with Crippen LogP contribution in [0.15, 0.2) is 6.07 Å². The molecule has 1 N–H and O–H groups in total. The number of aromatic nitrogens is 4. The Hall–Kier alpha value is -1.98. The third-order valence-electron chi connectivity index (χ3n) is 4.82. The van der Waals surface area contributed by atoms with E-state index in [-0.39, 0.29) is 12.3 Å². The highest BCUT2D eigenvalue weighted by atomic mass is 16.1. The molecule has 1 aliphatic carbocycles. The summed E-state index contributed by atoms with van der Waals surface area (Å²) in [6.07, 6.45) is 9.39. The fourth-order valence-electron chi connectivity index (χ4n) is 3.58. The fraction of sp³-hybridized carbons (Fsp3) is 0.667. The van der Waals surface area contributed by atoms with Gasteiger partial charge in [-0.25, -0.2) is 9.50 Å². The van der Waals surface area contributed by atoms with Crippen molar-refractivity contribution in [3.05, 3.63) is 23.3 Å². The van der Waals surface area contributed by atoms with Crippen molar-refractivity contribution in [3.8, 4) is 0 Å². The summed E-state index contributed by atoms with van der Waals surface area (Å²) >= 11 is 0. The Morgan fingerprint density at radius 1 is 1.25 bits per heavy atom. The van der Waals surface area contributed by atoms with Gasteiger partial charge >= 0.3 is 0 Å². The molecule has 0 saturated heterocycles. The SMILES string of the molecule is Cc1cc(C)n2nc(CC(=O)NCCCC3CCCCC3)nc2n1. The lowest BCUT2D eigenvalue weighted by Crippen LogP contribution is -2.27. The van der Waals surface area contributed by atoms with E-state index in [1.165, 1.54) is 38.5 Å². The third kappa shape index (κ3) is 4.30. The van der Waals surface area contributed by atoms with Gasteiger partial charge in [0.25, 0.3) is 5.78 Å². The average molecular weight is 329 g/mol. The maximum atomic E-state index is 12.1. The molecule has 0 bridgehead atoms. The molecule has 130 valence electrons. The molecule has 2 heterocycles. The van der Waals surface area contributed by atoms with Crippen LogP contribution in [-0.2, 0) is 11.2 Å². The van der Waals surface area contributed by atoms with E-state index in [2.05, 4.69) is 20.4 Å². The van der Waals surface area contributed by atoms with Crippen LogP contribution in [0, 0.1) is 19.8 Å². The van der Waals surface area contributed by atoms with E-state index in [0.717, 1.165) is 30.3 Å². The molecular formula is C18H27N5O. The molecule has 1 saturated carbocycles. The van der Waals surface area contributed by atoms with Gasteiger partial charge in [0.15, 0.2) is 5.82 Å². The van der Waals surface area contributed by atoms with Crippen LogP contribution in [0.5, 0.6) is 0 Å². The molecule has 3 rings (SSSR count). The van der Waals surface area contributed by atoms with Crippen molar-refractivity contribution >= 4 is 11.7 Å². The van der Waals surface area contributed by atoms with Crippen molar-refractivity contribution in [1.82, 2.24) is 24.9 Å². The maximum Gasteiger partial charge on any atom is 0.252 e. The Morgan fingerprint density at radius 2 is 2.04 bits per heavy atom. The fourth-order valence-corrected chi connectivity index (χ4v) is 3.58. The van der Waals surface area contributed by atoms with Crippen molar-refractivity contribution in [3.63, 3.8) is 0 Å². The quantitative estimate of drug-likeness (QED) is 0.827. The predicted octanol–water partition coefficient (Wildman–Crippen LogP) is 2.76. The molecule has 24 heavy (non-hydrogen) atoms. The van der Waals surface area contributed by atoms with Crippen molar-refractivity contribution in [2.45, 2.75) is 65.2 Å². The smallest absolute Gasteiger partial charge is 0.252 e. The van der Waals surface area contributed by atoms with Gasteiger partial charge in [-0.3, -0.25) is 4.79 Å². The summed E-state index contributed by atoms with van der Waals surface area (Å²) in [5, 5.41) is 7.37. The number of nitrogens with one attached hydrogen (secondary N) is 1. The largest absolute Gasteiger partial charge is 0.356 e. The highest BCUT2D eigenvalue weighted by Crippen LogP contribution is 2.26. The number of rotatable bonds is 6.